The summed E-state index contributed by atoms with van der Waals surface area (Å²) in [5, 5.41) is 10.5. The molecule has 0 aliphatic carbocycles. The van der Waals surface area contributed by atoms with Gasteiger partial charge in [0.1, 0.15) is 0 Å². The van der Waals surface area contributed by atoms with Crippen molar-refractivity contribution in [3.63, 3.8) is 0 Å². The zero-order valence-electron chi connectivity index (χ0n) is 4.48. The smallest absolute Gasteiger partial charge is 0.0934 e. The second kappa shape index (κ2) is 4.84. The molecule has 0 aliphatic heterocycles. The fourth-order valence-corrected chi connectivity index (χ4v) is 1.02. The van der Waals surface area contributed by atoms with Crippen LogP contribution >= 0.6 is 22.6 Å². The van der Waals surface area contributed by atoms with Crippen molar-refractivity contribution in [1.82, 2.24) is 0 Å². The van der Waals surface area contributed by atoms with Crippen LogP contribution in [-0.2, 0) is 5.11 Å². The molecule has 0 aliphatic rings. The van der Waals surface area contributed by atoms with Gasteiger partial charge in [0.25, 0.3) is 0 Å². The Hall–Kier alpha value is 0.690. The highest BCUT2D eigenvalue weighted by atomic mass is 127. The third kappa shape index (κ3) is 4.55. The number of hydrogen-bond acceptors (Lipinski definition) is 0. The first-order valence-corrected chi connectivity index (χ1v) is 4.05. The summed E-state index contributed by atoms with van der Waals surface area (Å²) in [4.78, 5) is 0. The molecule has 1 unspecified atom stereocenters. The fourth-order valence-electron chi connectivity index (χ4n) is 0.326. The summed E-state index contributed by atoms with van der Waals surface area (Å²) < 4.78 is 1.000. The minimum atomic E-state index is -0.308. The molecule has 0 amide bonds. The van der Waals surface area contributed by atoms with Gasteiger partial charge < -0.3 is 0 Å². The van der Waals surface area contributed by atoms with E-state index in [-0.39, 0.29) is 6.10 Å². The van der Waals surface area contributed by atoms with Crippen LogP contribution in [0.3, 0.4) is 0 Å². The summed E-state index contributed by atoms with van der Waals surface area (Å²) in [6.07, 6.45) is 1.30. The van der Waals surface area contributed by atoms with Crippen LogP contribution < -0.4 is 0 Å². The minimum Gasteiger partial charge on any atom is -0.233 e. The van der Waals surface area contributed by atoms with Gasteiger partial charge in [-0.05, 0) is 12.8 Å². The highest BCUT2D eigenvalue weighted by molar-refractivity contribution is 14.1. The minimum absolute atomic E-state index is 0.308. The zero-order valence-corrected chi connectivity index (χ0v) is 6.64. The van der Waals surface area contributed by atoms with Crippen molar-refractivity contribution < 1.29 is 5.11 Å². The Bertz CT molecular complexity index is 39.1. The Morgan fingerprint density at radius 1 is 1.71 bits per heavy atom. The van der Waals surface area contributed by atoms with Gasteiger partial charge in [-0.1, -0.05) is 29.5 Å². The first-order chi connectivity index (χ1) is 3.31. The number of alkyl halides is 1. The Labute approximate surface area is 58.3 Å². The van der Waals surface area contributed by atoms with Crippen molar-refractivity contribution in [2.24, 2.45) is 0 Å². The van der Waals surface area contributed by atoms with Crippen LogP contribution in [0.2, 0.25) is 0 Å². The molecule has 0 saturated carbocycles. The van der Waals surface area contributed by atoms with E-state index in [0.717, 1.165) is 17.3 Å². The molecule has 1 atom stereocenters. The molecule has 43 valence electrons. The SMILES string of the molecule is CCC([O])CCI. The van der Waals surface area contributed by atoms with Gasteiger partial charge in [0.15, 0.2) is 0 Å². The summed E-state index contributed by atoms with van der Waals surface area (Å²) in [7, 11) is 0. The number of rotatable bonds is 3. The van der Waals surface area contributed by atoms with Crippen molar-refractivity contribution in [2.75, 3.05) is 4.43 Å². The van der Waals surface area contributed by atoms with Crippen LogP contribution in [-0.4, -0.2) is 10.5 Å². The van der Waals surface area contributed by atoms with E-state index in [1.165, 1.54) is 0 Å². The molecule has 0 aromatic rings. The van der Waals surface area contributed by atoms with Crippen LogP contribution in [0.5, 0.6) is 0 Å². The van der Waals surface area contributed by atoms with Gasteiger partial charge in [-0.25, -0.2) is 5.11 Å². The van der Waals surface area contributed by atoms with Crippen molar-refractivity contribution in [1.29, 1.82) is 0 Å². The van der Waals surface area contributed by atoms with E-state index < -0.39 is 0 Å². The predicted molar refractivity (Wildman–Crippen MR) is 38.3 cm³/mol. The molecular formula is C5H10IO. The molecule has 0 bridgehead atoms. The maximum Gasteiger partial charge on any atom is 0.0934 e. The lowest BCUT2D eigenvalue weighted by molar-refractivity contribution is 0.0840. The molecule has 0 N–H and O–H groups in total. The van der Waals surface area contributed by atoms with Gasteiger partial charge in [0.05, 0.1) is 6.10 Å². The fraction of sp³-hybridized carbons (Fsp3) is 1.00. The first kappa shape index (κ1) is 7.69. The maximum absolute atomic E-state index is 10.5. The molecule has 7 heavy (non-hydrogen) atoms. The summed E-state index contributed by atoms with van der Waals surface area (Å²) in [6, 6.07) is 0. The van der Waals surface area contributed by atoms with Crippen LogP contribution in [0.1, 0.15) is 19.8 Å². The summed E-state index contributed by atoms with van der Waals surface area (Å²) in [5.74, 6) is 0. The van der Waals surface area contributed by atoms with Gasteiger partial charge in [-0.2, -0.15) is 0 Å². The monoisotopic (exact) mass is 213 g/mol. The Kier molecular flexibility index (Phi) is 5.32. The van der Waals surface area contributed by atoms with E-state index in [2.05, 4.69) is 22.6 Å². The number of halogens is 1. The maximum atomic E-state index is 10.5. The lowest BCUT2D eigenvalue weighted by atomic mass is 10.2. The molecule has 0 rings (SSSR count). The zero-order chi connectivity index (χ0) is 5.70. The van der Waals surface area contributed by atoms with Gasteiger partial charge in [0.2, 0.25) is 0 Å². The predicted octanol–water partition coefficient (Wildman–Crippen LogP) is 2.02. The molecule has 2 heteroatoms. The van der Waals surface area contributed by atoms with E-state index in [4.69, 9.17) is 0 Å². The van der Waals surface area contributed by atoms with Gasteiger partial charge in [-0.15, -0.1) is 0 Å². The van der Waals surface area contributed by atoms with Crippen molar-refractivity contribution >= 4 is 22.6 Å². The van der Waals surface area contributed by atoms with E-state index in [0.29, 0.717) is 0 Å². The standard InChI is InChI=1S/C5H10IO/c1-2-5(7)3-4-6/h5H,2-4H2,1H3. The van der Waals surface area contributed by atoms with E-state index in [1.807, 2.05) is 6.92 Å². The lowest BCUT2D eigenvalue weighted by Gasteiger charge is -1.97. The van der Waals surface area contributed by atoms with Crippen LogP contribution in [0.4, 0.5) is 0 Å². The van der Waals surface area contributed by atoms with Crippen LogP contribution in [0.25, 0.3) is 0 Å². The highest BCUT2D eigenvalue weighted by Gasteiger charge is 1.98. The van der Waals surface area contributed by atoms with E-state index in [1.54, 1.807) is 0 Å². The quantitative estimate of drug-likeness (QED) is 0.504. The normalized spacial score (nSPS) is 14.1. The lowest BCUT2D eigenvalue weighted by Crippen LogP contribution is -2.01. The topological polar surface area (TPSA) is 19.9 Å². The van der Waals surface area contributed by atoms with E-state index in [9.17, 15) is 5.11 Å². The average molecular weight is 213 g/mol. The van der Waals surface area contributed by atoms with Gasteiger partial charge >= 0.3 is 0 Å². The highest BCUT2D eigenvalue weighted by Crippen LogP contribution is 1.99. The Morgan fingerprint density at radius 3 is 2.43 bits per heavy atom. The molecule has 1 radical (unpaired) electrons. The van der Waals surface area contributed by atoms with Crippen LogP contribution in [0.15, 0.2) is 0 Å². The molecular weight excluding hydrogens is 203 g/mol. The molecule has 0 aromatic heterocycles. The van der Waals surface area contributed by atoms with Crippen molar-refractivity contribution in [2.45, 2.75) is 25.9 Å². The third-order valence-electron chi connectivity index (χ3n) is 0.886. The molecule has 0 fully saturated rings. The molecule has 0 saturated heterocycles. The molecule has 0 heterocycles. The largest absolute Gasteiger partial charge is 0.233 e. The third-order valence-corrected chi connectivity index (χ3v) is 1.51. The second-order valence-corrected chi connectivity index (χ2v) is 2.59. The first-order valence-electron chi connectivity index (χ1n) is 2.53. The summed E-state index contributed by atoms with van der Waals surface area (Å²) in [6.45, 7) is 1.93. The van der Waals surface area contributed by atoms with Crippen molar-refractivity contribution in [3.8, 4) is 0 Å². The van der Waals surface area contributed by atoms with Crippen LogP contribution in [0, 0.1) is 0 Å². The summed E-state index contributed by atoms with van der Waals surface area (Å²) in [5.41, 5.74) is 0. The summed E-state index contributed by atoms with van der Waals surface area (Å²) >= 11 is 2.23. The Balaban J connectivity index is 2.83. The second-order valence-electron chi connectivity index (χ2n) is 1.51. The average Bonchev–Trinajstić information content (AvgIpc) is 1.68. The molecule has 0 spiro atoms. The van der Waals surface area contributed by atoms with Gasteiger partial charge in [0, 0.05) is 4.43 Å². The van der Waals surface area contributed by atoms with E-state index >= 15 is 0 Å². The van der Waals surface area contributed by atoms with Crippen molar-refractivity contribution in [3.05, 3.63) is 0 Å². The van der Waals surface area contributed by atoms with Gasteiger partial charge in [-0.3, -0.25) is 0 Å². The Morgan fingerprint density at radius 2 is 2.29 bits per heavy atom. The molecule has 1 nitrogen and oxygen atoms in total. The number of hydrogen-bond donors (Lipinski definition) is 0. The molecule has 0 aromatic carbocycles.